The van der Waals surface area contributed by atoms with Gasteiger partial charge in [-0.1, -0.05) is 6.92 Å². The van der Waals surface area contributed by atoms with Gasteiger partial charge in [-0.3, -0.25) is 4.98 Å². The SMILES string of the molecule is CCNCCc1nc2cnccc2n1C(C)(C)C. The van der Waals surface area contributed by atoms with Gasteiger partial charge >= 0.3 is 0 Å². The van der Waals surface area contributed by atoms with E-state index in [2.05, 4.69) is 42.6 Å². The molecular weight excluding hydrogens is 224 g/mol. The average molecular weight is 246 g/mol. The molecule has 0 aliphatic heterocycles. The fourth-order valence-electron chi connectivity index (χ4n) is 2.28. The van der Waals surface area contributed by atoms with E-state index in [0.29, 0.717) is 0 Å². The minimum absolute atomic E-state index is 0.0393. The van der Waals surface area contributed by atoms with E-state index in [-0.39, 0.29) is 5.54 Å². The maximum Gasteiger partial charge on any atom is 0.111 e. The molecule has 2 aromatic rings. The molecule has 0 atom stereocenters. The Morgan fingerprint density at radius 1 is 1.33 bits per heavy atom. The molecule has 0 radical (unpaired) electrons. The van der Waals surface area contributed by atoms with E-state index in [1.807, 2.05) is 18.5 Å². The third-order valence-corrected chi connectivity index (χ3v) is 2.97. The van der Waals surface area contributed by atoms with Crippen molar-refractivity contribution in [2.45, 2.75) is 39.7 Å². The molecule has 0 saturated heterocycles. The van der Waals surface area contributed by atoms with Crippen molar-refractivity contribution in [2.75, 3.05) is 13.1 Å². The predicted molar refractivity (Wildman–Crippen MR) is 74.8 cm³/mol. The number of imidazole rings is 1. The molecule has 2 rings (SSSR count). The van der Waals surface area contributed by atoms with E-state index in [0.717, 1.165) is 30.9 Å². The van der Waals surface area contributed by atoms with Crippen LogP contribution < -0.4 is 5.32 Å². The Kier molecular flexibility index (Phi) is 3.66. The highest BCUT2D eigenvalue weighted by molar-refractivity contribution is 5.75. The average Bonchev–Trinajstić information content (AvgIpc) is 2.67. The number of likely N-dealkylation sites (N-methyl/N-ethyl adjacent to an activating group) is 1. The Labute approximate surface area is 108 Å². The summed E-state index contributed by atoms with van der Waals surface area (Å²) in [5.74, 6) is 1.13. The zero-order valence-corrected chi connectivity index (χ0v) is 11.7. The summed E-state index contributed by atoms with van der Waals surface area (Å²) in [6, 6.07) is 2.05. The molecule has 0 aromatic carbocycles. The van der Waals surface area contributed by atoms with Crippen LogP contribution in [-0.2, 0) is 12.0 Å². The lowest BCUT2D eigenvalue weighted by molar-refractivity contribution is 0.393. The van der Waals surface area contributed by atoms with Crippen LogP contribution in [-0.4, -0.2) is 27.6 Å². The molecule has 0 fully saturated rings. The van der Waals surface area contributed by atoms with Crippen LogP contribution in [0.1, 0.15) is 33.5 Å². The van der Waals surface area contributed by atoms with Gasteiger partial charge in [-0.15, -0.1) is 0 Å². The standard InChI is InChI=1S/C14H22N4/c1-5-15-9-7-13-17-11-10-16-8-6-12(11)18(13)14(2,3)4/h6,8,10,15H,5,7,9H2,1-4H3. The number of nitrogens with one attached hydrogen (secondary N) is 1. The molecule has 18 heavy (non-hydrogen) atoms. The number of aromatic nitrogens is 3. The molecule has 2 heterocycles. The van der Waals surface area contributed by atoms with Gasteiger partial charge in [-0.25, -0.2) is 4.98 Å². The van der Waals surface area contributed by atoms with Crippen molar-refractivity contribution in [3.63, 3.8) is 0 Å². The summed E-state index contributed by atoms with van der Waals surface area (Å²) in [6.45, 7) is 10.7. The minimum atomic E-state index is 0.0393. The lowest BCUT2D eigenvalue weighted by Gasteiger charge is -2.24. The first-order valence-corrected chi connectivity index (χ1v) is 6.56. The molecule has 0 aliphatic carbocycles. The number of rotatable bonds is 4. The van der Waals surface area contributed by atoms with Gasteiger partial charge in [-0.2, -0.15) is 0 Å². The van der Waals surface area contributed by atoms with E-state index in [4.69, 9.17) is 4.98 Å². The number of fused-ring (bicyclic) bond motifs is 1. The summed E-state index contributed by atoms with van der Waals surface area (Å²) in [4.78, 5) is 8.87. The van der Waals surface area contributed by atoms with Crippen LogP contribution in [0.15, 0.2) is 18.5 Å². The smallest absolute Gasteiger partial charge is 0.111 e. The number of nitrogens with zero attached hydrogens (tertiary/aromatic N) is 3. The molecule has 0 bridgehead atoms. The van der Waals surface area contributed by atoms with Crippen LogP contribution in [0.5, 0.6) is 0 Å². The topological polar surface area (TPSA) is 42.7 Å². The Bertz CT molecular complexity index is 522. The molecule has 0 spiro atoms. The lowest BCUT2D eigenvalue weighted by atomic mass is 10.1. The largest absolute Gasteiger partial charge is 0.322 e. The zero-order valence-electron chi connectivity index (χ0n) is 11.7. The summed E-state index contributed by atoms with van der Waals surface area (Å²) in [6.07, 6.45) is 4.62. The van der Waals surface area contributed by atoms with Crippen molar-refractivity contribution in [3.8, 4) is 0 Å². The Morgan fingerprint density at radius 3 is 2.78 bits per heavy atom. The van der Waals surface area contributed by atoms with Gasteiger partial charge in [0, 0.05) is 24.7 Å². The first kappa shape index (κ1) is 13.0. The highest BCUT2D eigenvalue weighted by atomic mass is 15.1. The molecule has 0 amide bonds. The van der Waals surface area contributed by atoms with Gasteiger partial charge in [0.1, 0.15) is 11.3 Å². The van der Waals surface area contributed by atoms with Crippen LogP contribution in [0.4, 0.5) is 0 Å². The molecule has 4 nitrogen and oxygen atoms in total. The summed E-state index contributed by atoms with van der Waals surface area (Å²) in [5, 5.41) is 3.35. The van der Waals surface area contributed by atoms with Crippen molar-refractivity contribution < 1.29 is 0 Å². The van der Waals surface area contributed by atoms with Crippen molar-refractivity contribution in [3.05, 3.63) is 24.3 Å². The predicted octanol–water partition coefficient (Wildman–Crippen LogP) is 2.34. The van der Waals surface area contributed by atoms with Gasteiger partial charge in [0.15, 0.2) is 0 Å². The van der Waals surface area contributed by atoms with Crippen molar-refractivity contribution in [2.24, 2.45) is 0 Å². The van der Waals surface area contributed by atoms with E-state index in [9.17, 15) is 0 Å². The van der Waals surface area contributed by atoms with E-state index in [1.54, 1.807) is 0 Å². The van der Waals surface area contributed by atoms with Crippen LogP contribution >= 0.6 is 0 Å². The van der Waals surface area contributed by atoms with Crippen LogP contribution in [0.3, 0.4) is 0 Å². The lowest BCUT2D eigenvalue weighted by Crippen LogP contribution is -2.26. The van der Waals surface area contributed by atoms with E-state index >= 15 is 0 Å². The second-order valence-electron chi connectivity index (χ2n) is 5.50. The monoisotopic (exact) mass is 246 g/mol. The quantitative estimate of drug-likeness (QED) is 0.842. The minimum Gasteiger partial charge on any atom is -0.322 e. The second-order valence-corrected chi connectivity index (χ2v) is 5.50. The van der Waals surface area contributed by atoms with Gasteiger partial charge < -0.3 is 9.88 Å². The van der Waals surface area contributed by atoms with Crippen LogP contribution in [0.2, 0.25) is 0 Å². The summed E-state index contributed by atoms with van der Waals surface area (Å²) < 4.78 is 2.32. The highest BCUT2D eigenvalue weighted by Crippen LogP contribution is 2.24. The number of hydrogen-bond acceptors (Lipinski definition) is 3. The van der Waals surface area contributed by atoms with Gasteiger partial charge in [0.25, 0.3) is 0 Å². The van der Waals surface area contributed by atoms with E-state index < -0.39 is 0 Å². The maximum absolute atomic E-state index is 4.71. The Morgan fingerprint density at radius 2 is 2.11 bits per heavy atom. The normalized spacial score (nSPS) is 12.2. The van der Waals surface area contributed by atoms with Crippen molar-refractivity contribution in [1.29, 1.82) is 0 Å². The summed E-state index contributed by atoms with van der Waals surface area (Å²) in [7, 11) is 0. The van der Waals surface area contributed by atoms with Crippen LogP contribution in [0, 0.1) is 0 Å². The third kappa shape index (κ3) is 2.53. The van der Waals surface area contributed by atoms with Gasteiger partial charge in [-0.05, 0) is 33.4 Å². The molecule has 0 aliphatic rings. The summed E-state index contributed by atoms with van der Waals surface area (Å²) in [5.41, 5.74) is 2.19. The first-order valence-electron chi connectivity index (χ1n) is 6.56. The molecule has 4 heteroatoms. The van der Waals surface area contributed by atoms with Gasteiger partial charge in [0.05, 0.1) is 11.7 Å². The Balaban J connectivity index is 2.44. The second kappa shape index (κ2) is 5.06. The first-order chi connectivity index (χ1) is 8.54. The Hall–Kier alpha value is -1.42. The molecule has 98 valence electrons. The number of pyridine rings is 1. The maximum atomic E-state index is 4.71. The fraction of sp³-hybridized carbons (Fsp3) is 0.571. The number of hydrogen-bond donors (Lipinski definition) is 1. The van der Waals surface area contributed by atoms with Crippen molar-refractivity contribution >= 4 is 11.0 Å². The van der Waals surface area contributed by atoms with Crippen LogP contribution in [0.25, 0.3) is 11.0 Å². The summed E-state index contributed by atoms with van der Waals surface area (Å²) >= 11 is 0. The highest BCUT2D eigenvalue weighted by Gasteiger charge is 2.20. The van der Waals surface area contributed by atoms with E-state index in [1.165, 1.54) is 5.52 Å². The molecular formula is C14H22N4. The zero-order chi connectivity index (χ0) is 13.2. The molecule has 0 unspecified atom stereocenters. The fourth-order valence-corrected chi connectivity index (χ4v) is 2.28. The third-order valence-electron chi connectivity index (χ3n) is 2.97. The molecule has 0 saturated carbocycles. The van der Waals surface area contributed by atoms with Crippen molar-refractivity contribution in [1.82, 2.24) is 19.9 Å². The molecule has 1 N–H and O–H groups in total. The molecule has 2 aromatic heterocycles. The van der Waals surface area contributed by atoms with Gasteiger partial charge in [0.2, 0.25) is 0 Å².